The normalized spacial score (nSPS) is 11.3. The van der Waals surface area contributed by atoms with Crippen LogP contribution in [0.2, 0.25) is 5.02 Å². The van der Waals surface area contributed by atoms with Gasteiger partial charge in [-0.2, -0.15) is 0 Å². The van der Waals surface area contributed by atoms with E-state index in [9.17, 15) is 4.39 Å². The first-order valence-corrected chi connectivity index (χ1v) is 10.3. The molecule has 29 heavy (non-hydrogen) atoms. The highest BCUT2D eigenvalue weighted by Crippen LogP contribution is 2.35. The maximum Gasteiger partial charge on any atom is 0.140 e. The molecule has 0 fully saturated rings. The maximum atomic E-state index is 13.5. The molecule has 0 spiro atoms. The van der Waals surface area contributed by atoms with Crippen molar-refractivity contribution >= 4 is 34.4 Å². The second-order valence-corrected chi connectivity index (χ2v) is 9.21. The molecule has 0 aliphatic rings. The summed E-state index contributed by atoms with van der Waals surface area (Å²) in [4.78, 5) is 6.71. The first-order valence-electron chi connectivity index (χ1n) is 9.12. The lowest BCUT2D eigenvalue weighted by molar-refractivity contribution is 0.627. The molecule has 0 saturated carbocycles. The van der Waals surface area contributed by atoms with Gasteiger partial charge in [0.15, 0.2) is 0 Å². The van der Waals surface area contributed by atoms with Crippen LogP contribution in [0, 0.1) is 17.7 Å². The standard InChI is InChI=1S/C23H19ClFN3S/c1-23(2,3)27-22-21(26-20-6-4-5-11-28(20)22)19-10-9-18(29-19)8-7-15-12-16(24)14-17(25)13-15/h4-6,9-14,27H,1-3H3. The second kappa shape index (κ2) is 7.55. The average Bonchev–Trinajstić information content (AvgIpc) is 3.23. The molecule has 0 amide bonds. The van der Waals surface area contributed by atoms with Crippen LogP contribution in [-0.4, -0.2) is 14.9 Å². The number of thiophene rings is 1. The van der Waals surface area contributed by atoms with Gasteiger partial charge in [0.25, 0.3) is 0 Å². The average molecular weight is 424 g/mol. The fraction of sp³-hybridized carbons (Fsp3) is 0.174. The Kier molecular flexibility index (Phi) is 5.08. The molecule has 1 N–H and O–H groups in total. The van der Waals surface area contributed by atoms with Crippen molar-refractivity contribution in [3.63, 3.8) is 0 Å². The Morgan fingerprint density at radius 2 is 1.93 bits per heavy atom. The van der Waals surface area contributed by atoms with Gasteiger partial charge in [0.2, 0.25) is 0 Å². The number of halogens is 2. The van der Waals surface area contributed by atoms with Crippen molar-refractivity contribution in [3.05, 3.63) is 76.0 Å². The molecule has 0 atom stereocenters. The Balaban J connectivity index is 1.72. The molecule has 0 unspecified atom stereocenters. The molecule has 0 aliphatic carbocycles. The zero-order chi connectivity index (χ0) is 20.6. The molecule has 3 heterocycles. The SMILES string of the molecule is CC(C)(C)Nc1c(-c2ccc(C#Cc3cc(F)cc(Cl)c3)s2)nc2ccccn12. The number of hydrogen-bond acceptors (Lipinski definition) is 3. The summed E-state index contributed by atoms with van der Waals surface area (Å²) in [7, 11) is 0. The number of rotatable bonds is 2. The molecule has 3 nitrogen and oxygen atoms in total. The van der Waals surface area contributed by atoms with Crippen LogP contribution < -0.4 is 5.32 Å². The summed E-state index contributed by atoms with van der Waals surface area (Å²) in [6, 6.07) is 14.2. The van der Waals surface area contributed by atoms with Crippen molar-refractivity contribution in [1.82, 2.24) is 9.38 Å². The summed E-state index contributed by atoms with van der Waals surface area (Å²) in [5.41, 5.74) is 2.20. The first kappa shape index (κ1) is 19.5. The van der Waals surface area contributed by atoms with Gasteiger partial charge in [0.1, 0.15) is 23.0 Å². The monoisotopic (exact) mass is 423 g/mol. The maximum absolute atomic E-state index is 13.5. The number of anilines is 1. The van der Waals surface area contributed by atoms with Crippen molar-refractivity contribution in [2.24, 2.45) is 0 Å². The van der Waals surface area contributed by atoms with Crippen LogP contribution in [0.15, 0.2) is 54.7 Å². The molecule has 0 radical (unpaired) electrons. The van der Waals surface area contributed by atoms with Crippen LogP contribution in [0.3, 0.4) is 0 Å². The lowest BCUT2D eigenvalue weighted by atomic mass is 10.1. The third-order valence-corrected chi connectivity index (χ3v) is 5.28. The van der Waals surface area contributed by atoms with Gasteiger partial charge < -0.3 is 5.32 Å². The van der Waals surface area contributed by atoms with E-state index in [4.69, 9.17) is 16.6 Å². The summed E-state index contributed by atoms with van der Waals surface area (Å²) >= 11 is 7.45. The van der Waals surface area contributed by atoms with Gasteiger partial charge in [-0.05, 0) is 63.2 Å². The minimum Gasteiger partial charge on any atom is -0.365 e. The van der Waals surface area contributed by atoms with E-state index in [1.54, 1.807) is 17.4 Å². The third-order valence-electron chi connectivity index (χ3n) is 4.06. The fourth-order valence-corrected chi connectivity index (χ4v) is 4.01. The van der Waals surface area contributed by atoms with E-state index in [1.807, 2.05) is 36.5 Å². The Hall–Kier alpha value is -2.81. The molecule has 0 bridgehead atoms. The number of fused-ring (bicyclic) bond motifs is 1. The smallest absolute Gasteiger partial charge is 0.140 e. The molecular formula is C23H19ClFN3S. The number of hydrogen-bond donors (Lipinski definition) is 1. The molecule has 4 aromatic rings. The lowest BCUT2D eigenvalue weighted by Crippen LogP contribution is -2.27. The van der Waals surface area contributed by atoms with Gasteiger partial charge in [0, 0.05) is 22.3 Å². The first-order chi connectivity index (χ1) is 13.8. The Labute approximate surface area is 178 Å². The van der Waals surface area contributed by atoms with Crippen LogP contribution in [0.25, 0.3) is 16.2 Å². The van der Waals surface area contributed by atoms with Crippen LogP contribution in [0.1, 0.15) is 31.2 Å². The van der Waals surface area contributed by atoms with Gasteiger partial charge >= 0.3 is 0 Å². The zero-order valence-corrected chi connectivity index (χ0v) is 17.8. The number of pyridine rings is 1. The summed E-state index contributed by atoms with van der Waals surface area (Å²) < 4.78 is 15.5. The van der Waals surface area contributed by atoms with E-state index >= 15 is 0 Å². The summed E-state index contributed by atoms with van der Waals surface area (Å²) in [5.74, 6) is 6.63. The van der Waals surface area contributed by atoms with Gasteiger partial charge in [0.05, 0.1) is 9.75 Å². The van der Waals surface area contributed by atoms with Crippen molar-refractivity contribution in [2.75, 3.05) is 5.32 Å². The molecule has 0 aliphatic heterocycles. The summed E-state index contributed by atoms with van der Waals surface area (Å²) in [5, 5.41) is 3.90. The predicted molar refractivity (Wildman–Crippen MR) is 119 cm³/mol. The van der Waals surface area contributed by atoms with Gasteiger partial charge in [-0.15, -0.1) is 11.3 Å². The number of aromatic nitrogens is 2. The molecule has 4 rings (SSSR count). The van der Waals surface area contributed by atoms with E-state index in [0.717, 1.165) is 26.9 Å². The molecule has 0 saturated heterocycles. The number of benzene rings is 1. The van der Waals surface area contributed by atoms with E-state index < -0.39 is 5.82 Å². The van der Waals surface area contributed by atoms with E-state index in [-0.39, 0.29) is 5.54 Å². The molecule has 6 heteroatoms. The number of nitrogens with one attached hydrogen (secondary N) is 1. The lowest BCUT2D eigenvalue weighted by Gasteiger charge is -2.22. The Bertz CT molecular complexity index is 1230. The van der Waals surface area contributed by atoms with Crippen LogP contribution in [-0.2, 0) is 0 Å². The highest BCUT2D eigenvalue weighted by Gasteiger charge is 2.20. The predicted octanol–water partition coefficient (Wildman–Crippen LogP) is 6.47. The molecular weight excluding hydrogens is 405 g/mol. The highest BCUT2D eigenvalue weighted by molar-refractivity contribution is 7.16. The van der Waals surface area contributed by atoms with Crippen LogP contribution in [0.5, 0.6) is 0 Å². The van der Waals surface area contributed by atoms with Crippen molar-refractivity contribution in [1.29, 1.82) is 0 Å². The molecule has 1 aromatic carbocycles. The van der Waals surface area contributed by atoms with Crippen molar-refractivity contribution < 1.29 is 4.39 Å². The third kappa shape index (κ3) is 4.45. The number of imidazole rings is 1. The minimum absolute atomic E-state index is 0.114. The van der Waals surface area contributed by atoms with Crippen LogP contribution in [0.4, 0.5) is 10.2 Å². The highest BCUT2D eigenvalue weighted by atomic mass is 35.5. The van der Waals surface area contributed by atoms with E-state index in [1.165, 1.54) is 12.1 Å². The van der Waals surface area contributed by atoms with Crippen molar-refractivity contribution in [3.8, 4) is 22.4 Å². The largest absolute Gasteiger partial charge is 0.365 e. The van der Waals surface area contributed by atoms with E-state index in [2.05, 4.69) is 42.3 Å². The topological polar surface area (TPSA) is 29.3 Å². The van der Waals surface area contributed by atoms with Crippen LogP contribution >= 0.6 is 22.9 Å². The fourth-order valence-electron chi connectivity index (χ4n) is 2.93. The molecule has 146 valence electrons. The van der Waals surface area contributed by atoms with Gasteiger partial charge in [-0.25, -0.2) is 9.37 Å². The van der Waals surface area contributed by atoms with E-state index in [0.29, 0.717) is 10.6 Å². The minimum atomic E-state index is -0.392. The van der Waals surface area contributed by atoms with Gasteiger partial charge in [-0.3, -0.25) is 4.40 Å². The van der Waals surface area contributed by atoms with Gasteiger partial charge in [-0.1, -0.05) is 29.5 Å². The quantitative estimate of drug-likeness (QED) is 0.374. The van der Waals surface area contributed by atoms with Crippen molar-refractivity contribution in [2.45, 2.75) is 26.3 Å². The molecule has 3 aromatic heterocycles. The Morgan fingerprint density at radius 3 is 2.69 bits per heavy atom. The zero-order valence-electron chi connectivity index (χ0n) is 16.3. The number of nitrogens with zero attached hydrogens (tertiary/aromatic N) is 2. The Morgan fingerprint density at radius 1 is 1.10 bits per heavy atom. The summed E-state index contributed by atoms with van der Waals surface area (Å²) in [6.45, 7) is 6.36. The summed E-state index contributed by atoms with van der Waals surface area (Å²) in [6.07, 6.45) is 2.00. The second-order valence-electron chi connectivity index (χ2n) is 7.68.